The molecular weight excluding hydrogens is 480 g/mol. The van der Waals surface area contributed by atoms with Crippen molar-refractivity contribution in [3.05, 3.63) is 95.7 Å². The molecule has 2 N–H and O–H groups in total. The normalized spacial score (nSPS) is 19.2. The van der Waals surface area contributed by atoms with E-state index in [2.05, 4.69) is 20.7 Å². The molecule has 3 aromatic rings. The number of rotatable bonds is 5. The first-order chi connectivity index (χ1) is 17.8. The van der Waals surface area contributed by atoms with E-state index in [4.69, 9.17) is 5.26 Å². The predicted octanol–water partition coefficient (Wildman–Crippen LogP) is 3.14. The molecule has 2 aromatic carbocycles. The van der Waals surface area contributed by atoms with Gasteiger partial charge in [-0.25, -0.2) is 15.4 Å². The molecule has 2 amide bonds. The van der Waals surface area contributed by atoms with Crippen molar-refractivity contribution in [2.24, 2.45) is 5.92 Å². The van der Waals surface area contributed by atoms with Crippen LogP contribution in [0.15, 0.2) is 78.9 Å². The molecule has 0 aliphatic carbocycles. The van der Waals surface area contributed by atoms with Gasteiger partial charge in [-0.2, -0.15) is 14.0 Å². The van der Waals surface area contributed by atoms with Crippen molar-refractivity contribution in [1.82, 2.24) is 20.4 Å². The first-order valence-electron chi connectivity index (χ1n) is 11.4. The Hall–Kier alpha value is -4.69. The number of benzene rings is 2. The molecule has 0 saturated carbocycles. The largest absolute Gasteiger partial charge is 0.326 e. The fourth-order valence-electron chi connectivity index (χ4n) is 4.42. The van der Waals surface area contributed by atoms with E-state index < -0.39 is 35.4 Å². The molecule has 0 spiro atoms. The number of nitrogens with one attached hydrogen (secondary N) is 2. The Labute approximate surface area is 211 Å². The maximum absolute atomic E-state index is 14.9. The minimum atomic E-state index is -3.36. The molecule has 2 aliphatic heterocycles. The van der Waals surface area contributed by atoms with Gasteiger partial charge in [0, 0.05) is 29.7 Å². The van der Waals surface area contributed by atoms with Crippen molar-refractivity contribution in [2.45, 2.75) is 18.9 Å². The molecule has 9 nitrogen and oxygen atoms in total. The number of amides is 2. The third-order valence-corrected chi connectivity index (χ3v) is 6.25. The average Bonchev–Trinajstić information content (AvgIpc) is 3.34. The topological polar surface area (TPSA) is 114 Å². The Morgan fingerprint density at radius 1 is 1.16 bits per heavy atom. The number of hydrogen-bond donors (Lipinski definition) is 2. The lowest BCUT2D eigenvalue weighted by Crippen LogP contribution is -2.53. The van der Waals surface area contributed by atoms with Gasteiger partial charge in [0.05, 0.1) is 29.9 Å². The van der Waals surface area contributed by atoms with Crippen LogP contribution < -0.4 is 15.6 Å². The summed E-state index contributed by atoms with van der Waals surface area (Å²) < 4.78 is 29.8. The number of fused-ring (bicyclic) bond motifs is 1. The molecule has 2 aliphatic rings. The van der Waals surface area contributed by atoms with E-state index in [0.29, 0.717) is 16.9 Å². The molecule has 186 valence electrons. The van der Waals surface area contributed by atoms with Gasteiger partial charge in [0.1, 0.15) is 11.7 Å². The van der Waals surface area contributed by atoms with Crippen LogP contribution in [0.2, 0.25) is 0 Å². The van der Waals surface area contributed by atoms with Gasteiger partial charge in [0.25, 0.3) is 5.91 Å². The van der Waals surface area contributed by atoms with Gasteiger partial charge in [-0.05, 0) is 25.1 Å². The summed E-state index contributed by atoms with van der Waals surface area (Å²) in [7, 11) is 0. The first-order valence-corrected chi connectivity index (χ1v) is 11.4. The van der Waals surface area contributed by atoms with Crippen molar-refractivity contribution in [3.63, 3.8) is 0 Å². The van der Waals surface area contributed by atoms with E-state index in [9.17, 15) is 18.4 Å². The zero-order valence-corrected chi connectivity index (χ0v) is 19.6. The average molecular weight is 501 g/mol. The summed E-state index contributed by atoms with van der Waals surface area (Å²) in [5.74, 6) is -4.91. The van der Waals surface area contributed by atoms with E-state index >= 15 is 0 Å². The number of carbonyl (C=O) groups excluding carboxylic acids is 2. The second-order valence-electron chi connectivity index (χ2n) is 8.65. The number of hydrazine groups is 1. The Morgan fingerprint density at radius 3 is 2.65 bits per heavy atom. The third kappa shape index (κ3) is 4.39. The number of aromatic nitrogens is 2. The predicted molar refractivity (Wildman–Crippen MR) is 130 cm³/mol. The second-order valence-corrected chi connectivity index (χ2v) is 8.65. The lowest BCUT2D eigenvalue weighted by atomic mass is 9.97. The van der Waals surface area contributed by atoms with Crippen LogP contribution in [0.5, 0.6) is 0 Å². The summed E-state index contributed by atoms with van der Waals surface area (Å²) in [6.07, 6.45) is 3.74. The van der Waals surface area contributed by atoms with E-state index in [-0.39, 0.29) is 17.9 Å². The molecule has 2 atom stereocenters. The van der Waals surface area contributed by atoms with Crippen LogP contribution >= 0.6 is 0 Å². The Morgan fingerprint density at radius 2 is 1.95 bits per heavy atom. The van der Waals surface area contributed by atoms with Crippen molar-refractivity contribution in [1.29, 1.82) is 5.26 Å². The number of halogens is 2. The maximum Gasteiger partial charge on any atom is 0.316 e. The van der Waals surface area contributed by atoms with Crippen molar-refractivity contribution in [3.8, 4) is 6.07 Å². The monoisotopic (exact) mass is 501 g/mol. The molecule has 0 radical (unpaired) electrons. The minimum absolute atomic E-state index is 0.0683. The first kappa shape index (κ1) is 24.0. The highest BCUT2D eigenvalue weighted by Crippen LogP contribution is 2.35. The van der Waals surface area contributed by atoms with Crippen LogP contribution in [-0.4, -0.2) is 39.4 Å². The van der Waals surface area contributed by atoms with Gasteiger partial charge in [0.2, 0.25) is 5.91 Å². The van der Waals surface area contributed by atoms with Gasteiger partial charge in [0.15, 0.2) is 5.82 Å². The number of alkyl halides is 2. The van der Waals surface area contributed by atoms with Crippen LogP contribution in [-0.2, 0) is 15.5 Å². The molecule has 0 bridgehead atoms. The van der Waals surface area contributed by atoms with Crippen LogP contribution in [0.1, 0.15) is 23.7 Å². The minimum Gasteiger partial charge on any atom is -0.326 e. The van der Waals surface area contributed by atoms with E-state index in [1.807, 2.05) is 6.07 Å². The fraction of sp³-hybridized carbons (Fsp3) is 0.192. The number of anilines is 2. The summed E-state index contributed by atoms with van der Waals surface area (Å²) >= 11 is 0. The number of hydrogen-bond acceptors (Lipinski definition) is 7. The summed E-state index contributed by atoms with van der Waals surface area (Å²) in [6, 6.07) is 14.9. The highest BCUT2D eigenvalue weighted by Gasteiger charge is 2.48. The van der Waals surface area contributed by atoms with Crippen LogP contribution in [0.25, 0.3) is 0 Å². The lowest BCUT2D eigenvalue weighted by Gasteiger charge is -2.36. The van der Waals surface area contributed by atoms with Crippen molar-refractivity contribution >= 4 is 23.3 Å². The van der Waals surface area contributed by atoms with E-state index in [1.54, 1.807) is 48.5 Å². The Kier molecular flexibility index (Phi) is 6.11. The van der Waals surface area contributed by atoms with Crippen LogP contribution in [0, 0.1) is 17.2 Å². The summed E-state index contributed by atoms with van der Waals surface area (Å²) in [6.45, 7) is 1.87. The highest BCUT2D eigenvalue weighted by atomic mass is 19.3. The summed E-state index contributed by atoms with van der Waals surface area (Å²) in [5.41, 5.74) is 3.58. The second kappa shape index (κ2) is 9.40. The SMILES string of the molecule is CC1=CN2NCC(C(=O)Nc3cccc(C#N)c3)C2C(=O)N1c1cnc(C(F)(F)c2ccccc2)cn1. The summed E-state index contributed by atoms with van der Waals surface area (Å²) in [5, 5.41) is 13.4. The van der Waals surface area contributed by atoms with Gasteiger partial charge in [-0.3, -0.25) is 14.5 Å². The number of nitrogens with zero attached hydrogens (tertiary/aromatic N) is 5. The summed E-state index contributed by atoms with van der Waals surface area (Å²) in [4.78, 5) is 35.9. The molecule has 11 heteroatoms. The van der Waals surface area contributed by atoms with Crippen LogP contribution in [0.4, 0.5) is 20.3 Å². The fourth-order valence-corrected chi connectivity index (χ4v) is 4.42. The Balaban J connectivity index is 1.38. The molecular formula is C26H21F2N7O2. The zero-order valence-electron chi connectivity index (χ0n) is 19.6. The smallest absolute Gasteiger partial charge is 0.316 e. The molecule has 1 saturated heterocycles. The number of carbonyl (C=O) groups is 2. The molecule has 1 fully saturated rings. The molecule has 37 heavy (non-hydrogen) atoms. The Bertz CT molecular complexity index is 1420. The van der Waals surface area contributed by atoms with E-state index in [0.717, 1.165) is 12.4 Å². The third-order valence-electron chi connectivity index (χ3n) is 6.25. The number of allylic oxidation sites excluding steroid dienone is 1. The molecule has 2 unspecified atom stereocenters. The molecule has 1 aromatic heterocycles. The standard InChI is InChI=1S/C26H21F2N7O2/c1-16-15-34-23(20(12-32-34)24(36)33-19-9-5-6-17(10-19)11-29)25(37)35(16)22-14-30-21(13-31-22)26(27,28)18-7-3-2-4-8-18/h2-10,13-15,20,23,32H,12H2,1H3,(H,33,36). The molecule has 3 heterocycles. The van der Waals surface area contributed by atoms with Crippen molar-refractivity contribution in [2.75, 3.05) is 16.8 Å². The zero-order chi connectivity index (χ0) is 26.2. The number of nitriles is 1. The van der Waals surface area contributed by atoms with Gasteiger partial charge in [-0.1, -0.05) is 36.4 Å². The van der Waals surface area contributed by atoms with Crippen molar-refractivity contribution < 1.29 is 18.4 Å². The van der Waals surface area contributed by atoms with Crippen LogP contribution in [0.3, 0.4) is 0 Å². The van der Waals surface area contributed by atoms with Gasteiger partial charge >= 0.3 is 5.92 Å². The quantitative estimate of drug-likeness (QED) is 0.552. The lowest BCUT2D eigenvalue weighted by molar-refractivity contribution is -0.129. The highest BCUT2D eigenvalue weighted by molar-refractivity contribution is 6.05. The van der Waals surface area contributed by atoms with E-state index in [1.165, 1.54) is 29.2 Å². The van der Waals surface area contributed by atoms with Gasteiger partial charge < -0.3 is 10.3 Å². The molecule has 5 rings (SSSR count). The maximum atomic E-state index is 14.9. The van der Waals surface area contributed by atoms with Gasteiger partial charge in [-0.15, -0.1) is 0 Å².